The number of carbonyl (C=O) groups excluding carboxylic acids is 2. The minimum Gasteiger partial charge on any atom is -0.348 e. The van der Waals surface area contributed by atoms with Gasteiger partial charge in [-0.2, -0.15) is 0 Å². The summed E-state index contributed by atoms with van der Waals surface area (Å²) in [7, 11) is 0. The second-order valence-corrected chi connectivity index (χ2v) is 6.46. The predicted molar refractivity (Wildman–Crippen MR) is 95.6 cm³/mol. The Morgan fingerprint density at radius 2 is 2.00 bits per heavy atom. The van der Waals surface area contributed by atoms with E-state index in [1.165, 1.54) is 5.56 Å². The number of pyridine rings is 1. The highest BCUT2D eigenvalue weighted by Gasteiger charge is 2.34. The normalized spacial score (nSPS) is 18.2. The highest BCUT2D eigenvalue weighted by Crippen LogP contribution is 2.20. The average Bonchev–Trinajstić information content (AvgIpc) is 3.02. The second kappa shape index (κ2) is 7.92. The Kier molecular flexibility index (Phi) is 5.43. The first-order valence-corrected chi connectivity index (χ1v) is 8.66. The van der Waals surface area contributed by atoms with Crippen molar-refractivity contribution in [1.82, 2.24) is 15.2 Å². The van der Waals surface area contributed by atoms with Crippen molar-refractivity contribution in [3.8, 4) is 0 Å². The fourth-order valence-corrected chi connectivity index (χ4v) is 3.11. The molecular formula is C20H23N3O2. The second-order valence-electron chi connectivity index (χ2n) is 6.46. The molecule has 0 radical (unpaired) electrons. The molecule has 2 unspecified atom stereocenters. The summed E-state index contributed by atoms with van der Waals surface area (Å²) in [4.78, 5) is 30.7. The summed E-state index contributed by atoms with van der Waals surface area (Å²) in [5, 5.41) is 2.97. The van der Waals surface area contributed by atoms with Crippen LogP contribution >= 0.6 is 0 Å². The smallest absolute Gasteiger partial charge is 0.225 e. The van der Waals surface area contributed by atoms with E-state index in [0.29, 0.717) is 13.1 Å². The molecule has 1 aromatic carbocycles. The molecule has 1 aliphatic heterocycles. The van der Waals surface area contributed by atoms with Gasteiger partial charge in [-0.1, -0.05) is 36.4 Å². The van der Waals surface area contributed by atoms with Crippen LogP contribution in [0.25, 0.3) is 0 Å². The van der Waals surface area contributed by atoms with Crippen molar-refractivity contribution in [2.45, 2.75) is 25.8 Å². The number of carbonyl (C=O) groups is 2. The van der Waals surface area contributed by atoms with Crippen LogP contribution in [0.4, 0.5) is 0 Å². The van der Waals surface area contributed by atoms with Gasteiger partial charge in [0, 0.05) is 25.7 Å². The van der Waals surface area contributed by atoms with Gasteiger partial charge < -0.3 is 10.2 Å². The predicted octanol–water partition coefficient (Wildman–Crippen LogP) is 2.35. The molecule has 1 fully saturated rings. The summed E-state index contributed by atoms with van der Waals surface area (Å²) >= 11 is 0. The third-order valence-electron chi connectivity index (χ3n) is 4.59. The van der Waals surface area contributed by atoms with Crippen LogP contribution < -0.4 is 5.32 Å². The summed E-state index contributed by atoms with van der Waals surface area (Å²) in [6.07, 6.45) is 2.81. The number of nitrogens with one attached hydrogen (secondary N) is 1. The third kappa shape index (κ3) is 4.44. The van der Waals surface area contributed by atoms with E-state index in [1.807, 2.05) is 43.3 Å². The maximum Gasteiger partial charge on any atom is 0.225 e. The summed E-state index contributed by atoms with van der Waals surface area (Å²) in [5.74, 6) is -0.301. The van der Waals surface area contributed by atoms with Crippen LogP contribution in [-0.2, 0) is 16.0 Å². The molecule has 3 rings (SSSR count). The lowest BCUT2D eigenvalue weighted by molar-refractivity contribution is -0.129. The van der Waals surface area contributed by atoms with Crippen molar-refractivity contribution in [3.63, 3.8) is 0 Å². The number of hydrogen-bond donors (Lipinski definition) is 1. The van der Waals surface area contributed by atoms with Gasteiger partial charge in [-0.15, -0.1) is 0 Å². The van der Waals surface area contributed by atoms with Crippen molar-refractivity contribution in [2.75, 3.05) is 13.1 Å². The van der Waals surface area contributed by atoms with Gasteiger partial charge in [0.05, 0.1) is 17.7 Å². The van der Waals surface area contributed by atoms with Crippen molar-refractivity contribution in [1.29, 1.82) is 0 Å². The van der Waals surface area contributed by atoms with Crippen LogP contribution in [-0.4, -0.2) is 34.8 Å². The van der Waals surface area contributed by atoms with Crippen molar-refractivity contribution < 1.29 is 9.59 Å². The number of amides is 2. The van der Waals surface area contributed by atoms with Gasteiger partial charge in [0.25, 0.3) is 0 Å². The van der Waals surface area contributed by atoms with Gasteiger partial charge >= 0.3 is 0 Å². The Morgan fingerprint density at radius 3 is 2.72 bits per heavy atom. The van der Waals surface area contributed by atoms with Crippen LogP contribution in [0.1, 0.15) is 30.6 Å². The Labute approximate surface area is 148 Å². The summed E-state index contributed by atoms with van der Waals surface area (Å²) in [6.45, 7) is 3.05. The molecule has 130 valence electrons. The lowest BCUT2D eigenvalue weighted by Crippen LogP contribution is -2.35. The molecule has 0 aliphatic carbocycles. The molecule has 2 amide bonds. The van der Waals surface area contributed by atoms with Crippen LogP contribution in [0.3, 0.4) is 0 Å². The van der Waals surface area contributed by atoms with E-state index >= 15 is 0 Å². The van der Waals surface area contributed by atoms with Gasteiger partial charge in [-0.25, -0.2) is 0 Å². The first-order chi connectivity index (χ1) is 12.1. The Bertz CT molecular complexity index is 718. The minimum atomic E-state index is -0.283. The fourth-order valence-electron chi connectivity index (χ4n) is 3.11. The lowest BCUT2D eigenvalue weighted by Gasteiger charge is -2.18. The van der Waals surface area contributed by atoms with Crippen molar-refractivity contribution in [3.05, 3.63) is 66.0 Å². The van der Waals surface area contributed by atoms with E-state index in [2.05, 4.69) is 22.4 Å². The number of nitrogens with zero attached hydrogens (tertiary/aromatic N) is 2. The van der Waals surface area contributed by atoms with E-state index in [1.54, 1.807) is 11.1 Å². The molecule has 0 saturated carbocycles. The first-order valence-electron chi connectivity index (χ1n) is 8.66. The SMILES string of the molecule is CC(NC(=O)C1CC(=O)N(CCc2ccccc2)C1)c1ccccn1. The maximum atomic E-state index is 12.5. The van der Waals surface area contributed by atoms with Gasteiger partial charge in [-0.05, 0) is 31.0 Å². The molecule has 0 bridgehead atoms. The number of likely N-dealkylation sites (tertiary alicyclic amines) is 1. The summed E-state index contributed by atoms with van der Waals surface area (Å²) in [5.41, 5.74) is 2.02. The van der Waals surface area contributed by atoms with Crippen LogP contribution in [0, 0.1) is 5.92 Å². The first kappa shape index (κ1) is 17.1. The van der Waals surface area contributed by atoms with E-state index in [4.69, 9.17) is 0 Å². The standard InChI is InChI=1S/C20H23N3O2/c1-15(18-9-5-6-11-21-18)22-20(25)17-13-19(24)23(14-17)12-10-16-7-3-2-4-8-16/h2-9,11,15,17H,10,12-14H2,1H3,(H,22,25). The fraction of sp³-hybridized carbons (Fsp3) is 0.350. The molecule has 25 heavy (non-hydrogen) atoms. The molecule has 5 heteroatoms. The summed E-state index contributed by atoms with van der Waals surface area (Å²) in [6, 6.07) is 15.5. The number of aromatic nitrogens is 1. The average molecular weight is 337 g/mol. The van der Waals surface area contributed by atoms with E-state index in [9.17, 15) is 9.59 Å². The molecule has 5 nitrogen and oxygen atoms in total. The van der Waals surface area contributed by atoms with Gasteiger partial charge in [0.2, 0.25) is 11.8 Å². The van der Waals surface area contributed by atoms with E-state index in [0.717, 1.165) is 12.1 Å². The monoisotopic (exact) mass is 337 g/mol. The zero-order valence-electron chi connectivity index (χ0n) is 14.4. The third-order valence-corrected chi connectivity index (χ3v) is 4.59. The number of rotatable bonds is 6. The molecule has 2 heterocycles. The van der Waals surface area contributed by atoms with Gasteiger partial charge in [-0.3, -0.25) is 14.6 Å². The molecule has 0 spiro atoms. The highest BCUT2D eigenvalue weighted by atomic mass is 16.2. The van der Waals surface area contributed by atoms with Crippen LogP contribution in [0.5, 0.6) is 0 Å². The molecule has 1 aromatic heterocycles. The maximum absolute atomic E-state index is 12.5. The number of hydrogen-bond acceptors (Lipinski definition) is 3. The topological polar surface area (TPSA) is 62.3 Å². The molecule has 2 aromatic rings. The Morgan fingerprint density at radius 1 is 1.24 bits per heavy atom. The molecule has 2 atom stereocenters. The highest BCUT2D eigenvalue weighted by molar-refractivity contribution is 5.89. The molecular weight excluding hydrogens is 314 g/mol. The Balaban J connectivity index is 1.52. The molecule has 1 N–H and O–H groups in total. The zero-order chi connectivity index (χ0) is 17.6. The zero-order valence-corrected chi connectivity index (χ0v) is 14.4. The summed E-state index contributed by atoms with van der Waals surface area (Å²) < 4.78 is 0. The van der Waals surface area contributed by atoms with Crippen molar-refractivity contribution in [2.24, 2.45) is 5.92 Å². The number of benzene rings is 1. The van der Waals surface area contributed by atoms with E-state index < -0.39 is 0 Å². The van der Waals surface area contributed by atoms with Crippen LogP contribution in [0.15, 0.2) is 54.7 Å². The van der Waals surface area contributed by atoms with E-state index in [-0.39, 0.29) is 30.2 Å². The largest absolute Gasteiger partial charge is 0.348 e. The van der Waals surface area contributed by atoms with Gasteiger partial charge in [0.15, 0.2) is 0 Å². The molecule has 1 aliphatic rings. The quantitative estimate of drug-likeness (QED) is 0.880. The minimum absolute atomic E-state index is 0.0570. The molecule has 1 saturated heterocycles. The van der Waals surface area contributed by atoms with Gasteiger partial charge in [0.1, 0.15) is 0 Å². The van der Waals surface area contributed by atoms with Crippen molar-refractivity contribution >= 4 is 11.8 Å². The van der Waals surface area contributed by atoms with Crippen LogP contribution in [0.2, 0.25) is 0 Å². The Hall–Kier alpha value is -2.69. The lowest BCUT2D eigenvalue weighted by atomic mass is 10.1.